The molecule has 0 spiro atoms. The van der Waals surface area contributed by atoms with E-state index in [0.29, 0.717) is 36.6 Å². The number of piperazine rings is 1. The SMILES string of the molecule is CSCc1cccc(C(=O)N2CCN(S(=O)(=O)c3ccc(C)cc3)CC2)c1. The van der Waals surface area contributed by atoms with Crippen molar-refractivity contribution in [2.45, 2.75) is 17.6 Å². The van der Waals surface area contributed by atoms with Crippen LogP contribution in [0.1, 0.15) is 21.5 Å². The van der Waals surface area contributed by atoms with Gasteiger partial charge in [-0.05, 0) is 43.0 Å². The van der Waals surface area contributed by atoms with E-state index in [9.17, 15) is 13.2 Å². The molecular weight excluding hydrogens is 380 g/mol. The van der Waals surface area contributed by atoms with Gasteiger partial charge in [0.15, 0.2) is 0 Å². The number of carbonyl (C=O) groups is 1. The molecule has 0 atom stereocenters. The third kappa shape index (κ3) is 4.54. The molecule has 1 saturated heterocycles. The maximum absolute atomic E-state index is 12.8. The number of aryl methyl sites for hydroxylation is 1. The lowest BCUT2D eigenvalue weighted by atomic mass is 10.1. The van der Waals surface area contributed by atoms with Gasteiger partial charge in [0, 0.05) is 37.5 Å². The molecular formula is C20H24N2O3S2. The highest BCUT2D eigenvalue weighted by Crippen LogP contribution is 2.19. The average molecular weight is 405 g/mol. The fourth-order valence-corrected chi connectivity index (χ4v) is 5.07. The summed E-state index contributed by atoms with van der Waals surface area (Å²) < 4.78 is 27.0. The molecule has 7 heteroatoms. The Labute approximate surface area is 165 Å². The number of hydrogen-bond acceptors (Lipinski definition) is 4. The minimum Gasteiger partial charge on any atom is -0.336 e. The summed E-state index contributed by atoms with van der Waals surface area (Å²) in [6.45, 7) is 3.35. The lowest BCUT2D eigenvalue weighted by Gasteiger charge is -2.34. The van der Waals surface area contributed by atoms with Crippen LogP contribution in [-0.2, 0) is 15.8 Å². The third-order valence-electron chi connectivity index (χ3n) is 4.67. The minimum absolute atomic E-state index is 0.0367. The fraction of sp³-hybridized carbons (Fsp3) is 0.350. The number of sulfonamides is 1. The van der Waals surface area contributed by atoms with Crippen LogP contribution in [-0.4, -0.2) is 56.0 Å². The van der Waals surface area contributed by atoms with Crippen molar-refractivity contribution < 1.29 is 13.2 Å². The highest BCUT2D eigenvalue weighted by molar-refractivity contribution is 7.97. The largest absolute Gasteiger partial charge is 0.336 e. The van der Waals surface area contributed by atoms with E-state index in [4.69, 9.17) is 0 Å². The highest BCUT2D eigenvalue weighted by Gasteiger charge is 2.30. The van der Waals surface area contributed by atoms with Crippen molar-refractivity contribution in [3.8, 4) is 0 Å². The molecule has 2 aromatic rings. The summed E-state index contributed by atoms with van der Waals surface area (Å²) in [6, 6.07) is 14.5. The zero-order valence-electron chi connectivity index (χ0n) is 15.6. The molecule has 5 nitrogen and oxygen atoms in total. The first kappa shape index (κ1) is 19.9. The molecule has 1 amide bonds. The Morgan fingerprint density at radius 3 is 2.33 bits per heavy atom. The molecule has 2 aromatic carbocycles. The monoisotopic (exact) mass is 404 g/mol. The molecule has 0 saturated carbocycles. The van der Waals surface area contributed by atoms with E-state index in [1.54, 1.807) is 40.9 Å². The molecule has 0 aromatic heterocycles. The Hall–Kier alpha value is -1.83. The lowest BCUT2D eigenvalue weighted by Crippen LogP contribution is -2.50. The first-order valence-electron chi connectivity index (χ1n) is 8.86. The smallest absolute Gasteiger partial charge is 0.253 e. The van der Waals surface area contributed by atoms with E-state index in [1.807, 2.05) is 37.4 Å². The van der Waals surface area contributed by atoms with E-state index in [-0.39, 0.29) is 5.91 Å². The van der Waals surface area contributed by atoms with Gasteiger partial charge in [0.05, 0.1) is 4.90 Å². The zero-order valence-corrected chi connectivity index (χ0v) is 17.2. The maximum Gasteiger partial charge on any atom is 0.253 e. The maximum atomic E-state index is 12.8. The zero-order chi connectivity index (χ0) is 19.4. The van der Waals surface area contributed by atoms with Crippen LogP contribution in [0.3, 0.4) is 0 Å². The van der Waals surface area contributed by atoms with Crippen LogP contribution in [0, 0.1) is 6.92 Å². The molecule has 3 rings (SSSR count). The minimum atomic E-state index is -3.51. The van der Waals surface area contributed by atoms with Crippen molar-refractivity contribution in [1.29, 1.82) is 0 Å². The molecule has 1 aliphatic heterocycles. The van der Waals surface area contributed by atoms with Gasteiger partial charge in [-0.2, -0.15) is 16.1 Å². The van der Waals surface area contributed by atoms with Crippen molar-refractivity contribution in [3.05, 3.63) is 65.2 Å². The summed E-state index contributed by atoms with van der Waals surface area (Å²) >= 11 is 1.71. The fourth-order valence-electron chi connectivity index (χ4n) is 3.13. The van der Waals surface area contributed by atoms with Gasteiger partial charge in [-0.25, -0.2) is 8.42 Å². The second-order valence-corrected chi connectivity index (χ2v) is 9.45. The van der Waals surface area contributed by atoms with Gasteiger partial charge in [-0.15, -0.1) is 0 Å². The molecule has 144 valence electrons. The summed E-state index contributed by atoms with van der Waals surface area (Å²) in [5, 5.41) is 0. The number of hydrogen-bond donors (Lipinski definition) is 0. The first-order chi connectivity index (χ1) is 12.9. The Morgan fingerprint density at radius 1 is 1.04 bits per heavy atom. The molecule has 1 aliphatic rings. The van der Waals surface area contributed by atoms with Crippen LogP contribution in [0.15, 0.2) is 53.4 Å². The van der Waals surface area contributed by atoms with Crippen LogP contribution in [0.4, 0.5) is 0 Å². The number of carbonyl (C=O) groups excluding carboxylic acids is 1. The van der Waals surface area contributed by atoms with Crippen LogP contribution >= 0.6 is 11.8 Å². The van der Waals surface area contributed by atoms with Gasteiger partial charge in [0.1, 0.15) is 0 Å². The van der Waals surface area contributed by atoms with Crippen molar-refractivity contribution in [1.82, 2.24) is 9.21 Å². The van der Waals surface area contributed by atoms with E-state index in [2.05, 4.69) is 0 Å². The summed E-state index contributed by atoms with van der Waals surface area (Å²) in [7, 11) is -3.51. The van der Waals surface area contributed by atoms with Crippen LogP contribution < -0.4 is 0 Å². The molecule has 0 bridgehead atoms. The van der Waals surface area contributed by atoms with Crippen LogP contribution in [0.2, 0.25) is 0 Å². The lowest BCUT2D eigenvalue weighted by molar-refractivity contribution is 0.0698. The van der Waals surface area contributed by atoms with E-state index >= 15 is 0 Å². The number of amides is 1. The van der Waals surface area contributed by atoms with Gasteiger partial charge >= 0.3 is 0 Å². The molecule has 0 aliphatic carbocycles. The van der Waals surface area contributed by atoms with Crippen molar-refractivity contribution in [2.75, 3.05) is 32.4 Å². The Bertz CT molecular complexity index is 903. The number of benzene rings is 2. The average Bonchev–Trinajstić information content (AvgIpc) is 2.68. The second kappa shape index (κ2) is 8.46. The van der Waals surface area contributed by atoms with E-state index in [1.165, 1.54) is 4.31 Å². The van der Waals surface area contributed by atoms with Crippen LogP contribution in [0.5, 0.6) is 0 Å². The number of rotatable bonds is 5. The van der Waals surface area contributed by atoms with Gasteiger partial charge in [0.2, 0.25) is 10.0 Å². The predicted octanol–water partition coefficient (Wildman–Crippen LogP) is 3.00. The summed E-state index contributed by atoms with van der Waals surface area (Å²) in [5.41, 5.74) is 2.80. The molecule has 0 N–H and O–H groups in total. The summed E-state index contributed by atoms with van der Waals surface area (Å²) in [4.78, 5) is 14.8. The van der Waals surface area contributed by atoms with Crippen molar-refractivity contribution >= 4 is 27.7 Å². The Balaban J connectivity index is 1.67. The molecule has 1 fully saturated rings. The predicted molar refractivity (Wildman–Crippen MR) is 110 cm³/mol. The summed E-state index contributed by atoms with van der Waals surface area (Å²) in [6.07, 6.45) is 2.03. The van der Waals surface area contributed by atoms with Crippen molar-refractivity contribution in [2.24, 2.45) is 0 Å². The standard InChI is InChI=1S/C20H24N2O3S2/c1-16-6-8-19(9-7-16)27(24,25)22-12-10-21(11-13-22)20(23)18-5-3-4-17(14-18)15-26-2/h3-9,14H,10-13,15H2,1-2H3. The molecule has 0 radical (unpaired) electrons. The quantitative estimate of drug-likeness (QED) is 0.769. The number of nitrogens with zero attached hydrogens (tertiary/aromatic N) is 2. The molecule has 27 heavy (non-hydrogen) atoms. The van der Waals surface area contributed by atoms with Crippen LogP contribution in [0.25, 0.3) is 0 Å². The Kier molecular flexibility index (Phi) is 6.24. The van der Waals surface area contributed by atoms with E-state index < -0.39 is 10.0 Å². The normalized spacial score (nSPS) is 15.7. The Morgan fingerprint density at radius 2 is 1.70 bits per heavy atom. The van der Waals surface area contributed by atoms with E-state index in [0.717, 1.165) is 16.9 Å². The van der Waals surface area contributed by atoms with Gasteiger partial charge in [-0.3, -0.25) is 4.79 Å². The van der Waals surface area contributed by atoms with Crippen molar-refractivity contribution in [3.63, 3.8) is 0 Å². The topological polar surface area (TPSA) is 57.7 Å². The first-order valence-corrected chi connectivity index (χ1v) is 11.7. The molecule has 1 heterocycles. The van der Waals surface area contributed by atoms with Gasteiger partial charge < -0.3 is 4.90 Å². The second-order valence-electron chi connectivity index (χ2n) is 6.64. The third-order valence-corrected chi connectivity index (χ3v) is 7.20. The van der Waals surface area contributed by atoms with Gasteiger partial charge in [0.25, 0.3) is 5.91 Å². The molecule has 0 unspecified atom stereocenters. The highest BCUT2D eigenvalue weighted by atomic mass is 32.2. The number of thioether (sulfide) groups is 1. The van der Waals surface area contributed by atoms with Gasteiger partial charge in [-0.1, -0.05) is 29.8 Å². The summed E-state index contributed by atoms with van der Waals surface area (Å²) in [5.74, 6) is 0.828.